The highest BCUT2D eigenvalue weighted by molar-refractivity contribution is 14.0. The highest BCUT2D eigenvalue weighted by Crippen LogP contribution is 2.16. The van der Waals surface area contributed by atoms with Gasteiger partial charge in [0.25, 0.3) is 0 Å². The third-order valence-electron chi connectivity index (χ3n) is 4.47. The molecule has 2 rings (SSSR count). The lowest BCUT2D eigenvalue weighted by Gasteiger charge is -2.16. The van der Waals surface area contributed by atoms with Gasteiger partial charge in [-0.2, -0.15) is 13.2 Å². The van der Waals surface area contributed by atoms with Gasteiger partial charge in [0.15, 0.2) is 5.96 Å². The van der Waals surface area contributed by atoms with Crippen LogP contribution in [0.25, 0.3) is 0 Å². The Morgan fingerprint density at radius 2 is 1.90 bits per heavy atom. The number of guanidine groups is 1. The van der Waals surface area contributed by atoms with Crippen molar-refractivity contribution < 1.29 is 27.4 Å². The molecule has 0 spiro atoms. The first-order valence-corrected chi connectivity index (χ1v) is 9.75. The van der Waals surface area contributed by atoms with Crippen LogP contribution >= 0.6 is 24.0 Å². The van der Waals surface area contributed by atoms with Crippen molar-refractivity contribution in [2.24, 2.45) is 10.9 Å². The molecule has 1 saturated heterocycles. The Kier molecular flexibility index (Phi) is 12.2. The molecule has 176 valence electrons. The fourth-order valence-electron chi connectivity index (χ4n) is 2.67. The van der Waals surface area contributed by atoms with E-state index in [1.54, 1.807) is 38.4 Å². The number of alkyl halides is 3. The molecule has 7 nitrogen and oxygen atoms in total. The van der Waals surface area contributed by atoms with E-state index in [4.69, 9.17) is 4.74 Å². The molecule has 1 aromatic carbocycles. The highest BCUT2D eigenvalue weighted by Gasteiger charge is 2.27. The highest BCUT2D eigenvalue weighted by atomic mass is 127. The molecule has 0 aromatic heterocycles. The standard InChI is InChI=1S/C20H29F3N4O3.HI/c1-27(2)18(28)11-26-19(25-10-17-7-8-29-13-17)24-9-15-3-5-16(6-4-15)12-30-14-20(21,22)23;/h3-6,17H,7-14H2,1-2H3,(H2,24,25,26);1H. The lowest BCUT2D eigenvalue weighted by atomic mass is 10.1. The van der Waals surface area contributed by atoms with Crippen molar-refractivity contribution in [3.05, 3.63) is 35.4 Å². The number of carbonyl (C=O) groups is 1. The van der Waals surface area contributed by atoms with Crippen LogP contribution in [-0.4, -0.2) is 69.9 Å². The van der Waals surface area contributed by atoms with Crippen LogP contribution in [0.3, 0.4) is 0 Å². The van der Waals surface area contributed by atoms with E-state index in [1.165, 1.54) is 4.90 Å². The SMILES string of the molecule is CN(C)C(=O)CNC(=NCc1ccc(COCC(F)(F)F)cc1)NCC1CCOC1.I. The summed E-state index contributed by atoms with van der Waals surface area (Å²) in [4.78, 5) is 17.9. The number of carbonyl (C=O) groups excluding carboxylic acids is 1. The van der Waals surface area contributed by atoms with Crippen LogP contribution in [0.15, 0.2) is 29.3 Å². The molecule has 0 aliphatic carbocycles. The summed E-state index contributed by atoms with van der Waals surface area (Å²) in [5.74, 6) is 0.851. The van der Waals surface area contributed by atoms with Crippen LogP contribution in [-0.2, 0) is 27.4 Å². The second-order valence-electron chi connectivity index (χ2n) is 7.34. The zero-order chi connectivity index (χ0) is 22.0. The molecule has 1 aliphatic rings. The summed E-state index contributed by atoms with van der Waals surface area (Å²) in [6, 6.07) is 7.02. The molecule has 0 saturated carbocycles. The van der Waals surface area contributed by atoms with E-state index in [0.29, 0.717) is 37.1 Å². The van der Waals surface area contributed by atoms with Crippen molar-refractivity contribution in [3.63, 3.8) is 0 Å². The Morgan fingerprint density at radius 3 is 2.48 bits per heavy atom. The summed E-state index contributed by atoms with van der Waals surface area (Å²) < 4.78 is 46.4. The van der Waals surface area contributed by atoms with Crippen LogP contribution in [0.5, 0.6) is 0 Å². The third kappa shape index (κ3) is 11.5. The van der Waals surface area contributed by atoms with E-state index in [1.807, 2.05) is 0 Å². The maximum absolute atomic E-state index is 12.1. The van der Waals surface area contributed by atoms with Crippen LogP contribution in [0.4, 0.5) is 13.2 Å². The Morgan fingerprint density at radius 1 is 1.23 bits per heavy atom. The number of halogens is 4. The number of benzene rings is 1. The van der Waals surface area contributed by atoms with Crippen molar-refractivity contribution in [3.8, 4) is 0 Å². The summed E-state index contributed by atoms with van der Waals surface area (Å²) in [6.07, 6.45) is -3.35. The molecule has 11 heteroatoms. The molecular formula is C20H30F3IN4O3. The van der Waals surface area contributed by atoms with Gasteiger partial charge in [-0.05, 0) is 17.5 Å². The topological polar surface area (TPSA) is 75.2 Å². The summed E-state index contributed by atoms with van der Waals surface area (Å²) in [7, 11) is 3.37. The van der Waals surface area contributed by atoms with E-state index in [-0.39, 0.29) is 43.0 Å². The van der Waals surface area contributed by atoms with E-state index >= 15 is 0 Å². The molecule has 1 heterocycles. The first-order chi connectivity index (χ1) is 14.2. The van der Waals surface area contributed by atoms with Gasteiger partial charge in [0.2, 0.25) is 5.91 Å². The van der Waals surface area contributed by atoms with Gasteiger partial charge in [-0.25, -0.2) is 4.99 Å². The van der Waals surface area contributed by atoms with E-state index in [0.717, 1.165) is 18.6 Å². The normalized spacial score (nSPS) is 16.5. The van der Waals surface area contributed by atoms with Crippen LogP contribution < -0.4 is 10.6 Å². The molecule has 1 fully saturated rings. The van der Waals surface area contributed by atoms with Crippen LogP contribution in [0.2, 0.25) is 0 Å². The Labute approximate surface area is 197 Å². The quantitative estimate of drug-likeness (QED) is 0.277. The number of amides is 1. The van der Waals surface area contributed by atoms with Crippen molar-refractivity contribution in [1.29, 1.82) is 0 Å². The summed E-state index contributed by atoms with van der Waals surface area (Å²) in [5.41, 5.74) is 1.54. The molecule has 1 amide bonds. The van der Waals surface area contributed by atoms with Gasteiger partial charge in [-0.3, -0.25) is 4.79 Å². The van der Waals surface area contributed by atoms with Crippen molar-refractivity contribution >= 4 is 35.8 Å². The smallest absolute Gasteiger partial charge is 0.381 e. The predicted octanol–water partition coefficient (Wildman–Crippen LogP) is 2.54. The fourth-order valence-corrected chi connectivity index (χ4v) is 2.67. The first-order valence-electron chi connectivity index (χ1n) is 9.75. The number of hydrogen-bond donors (Lipinski definition) is 2. The molecular weight excluding hydrogens is 528 g/mol. The second kappa shape index (κ2) is 13.7. The van der Waals surface area contributed by atoms with Gasteiger partial charge >= 0.3 is 6.18 Å². The minimum Gasteiger partial charge on any atom is -0.381 e. The van der Waals surface area contributed by atoms with E-state index in [9.17, 15) is 18.0 Å². The van der Waals surface area contributed by atoms with E-state index in [2.05, 4.69) is 20.4 Å². The van der Waals surface area contributed by atoms with Gasteiger partial charge in [0.05, 0.1) is 26.3 Å². The van der Waals surface area contributed by atoms with E-state index < -0.39 is 12.8 Å². The number of nitrogens with one attached hydrogen (secondary N) is 2. The Hall–Kier alpha value is -1.60. The summed E-state index contributed by atoms with van der Waals surface area (Å²) >= 11 is 0. The van der Waals surface area contributed by atoms with Gasteiger partial charge < -0.3 is 25.0 Å². The molecule has 1 aliphatic heterocycles. The van der Waals surface area contributed by atoms with Crippen molar-refractivity contribution in [2.45, 2.75) is 25.7 Å². The third-order valence-corrected chi connectivity index (χ3v) is 4.47. The number of hydrogen-bond acceptors (Lipinski definition) is 4. The number of aliphatic imine (C=N–C) groups is 1. The number of rotatable bonds is 9. The zero-order valence-electron chi connectivity index (χ0n) is 17.7. The van der Waals surface area contributed by atoms with Crippen LogP contribution in [0, 0.1) is 5.92 Å². The molecule has 31 heavy (non-hydrogen) atoms. The van der Waals surface area contributed by atoms with Crippen molar-refractivity contribution in [2.75, 3.05) is 47.0 Å². The number of likely N-dealkylation sites (N-methyl/N-ethyl adjacent to an activating group) is 1. The molecule has 0 bridgehead atoms. The predicted molar refractivity (Wildman–Crippen MR) is 122 cm³/mol. The summed E-state index contributed by atoms with van der Waals surface area (Å²) in [5, 5.41) is 6.27. The Balaban J connectivity index is 0.00000480. The Bertz CT molecular complexity index is 694. The molecule has 0 radical (unpaired) electrons. The maximum Gasteiger partial charge on any atom is 0.411 e. The zero-order valence-corrected chi connectivity index (χ0v) is 20.0. The lowest BCUT2D eigenvalue weighted by molar-refractivity contribution is -0.176. The minimum absolute atomic E-state index is 0. The first kappa shape index (κ1) is 27.4. The van der Waals surface area contributed by atoms with Crippen LogP contribution in [0.1, 0.15) is 17.5 Å². The van der Waals surface area contributed by atoms with Crippen molar-refractivity contribution in [1.82, 2.24) is 15.5 Å². The molecule has 1 atom stereocenters. The number of nitrogens with zero attached hydrogens (tertiary/aromatic N) is 2. The van der Waals surface area contributed by atoms with Gasteiger partial charge in [-0.1, -0.05) is 24.3 Å². The molecule has 2 N–H and O–H groups in total. The fraction of sp³-hybridized carbons (Fsp3) is 0.600. The maximum atomic E-state index is 12.1. The van der Waals surface area contributed by atoms with Gasteiger partial charge in [-0.15, -0.1) is 24.0 Å². The average molecular weight is 558 g/mol. The monoisotopic (exact) mass is 558 g/mol. The lowest BCUT2D eigenvalue weighted by Crippen LogP contribution is -2.44. The summed E-state index contributed by atoms with van der Waals surface area (Å²) in [6.45, 7) is 1.26. The average Bonchev–Trinajstić information content (AvgIpc) is 3.20. The molecule has 1 aromatic rings. The largest absolute Gasteiger partial charge is 0.411 e. The minimum atomic E-state index is -4.33. The second-order valence-corrected chi connectivity index (χ2v) is 7.34. The molecule has 1 unspecified atom stereocenters. The van der Waals surface area contributed by atoms with Gasteiger partial charge in [0, 0.05) is 33.2 Å². The number of ether oxygens (including phenoxy) is 2. The van der Waals surface area contributed by atoms with Gasteiger partial charge in [0.1, 0.15) is 6.61 Å².